The molecule has 0 radical (unpaired) electrons. The van der Waals surface area contributed by atoms with Crippen molar-refractivity contribution in [3.8, 4) is 0 Å². The van der Waals surface area contributed by atoms with E-state index in [1.54, 1.807) is 4.90 Å². The third kappa shape index (κ3) is 3.12. The molecule has 0 spiro atoms. The molecular formula is C16H24N2O2. The van der Waals surface area contributed by atoms with E-state index in [1.165, 1.54) is 0 Å². The van der Waals surface area contributed by atoms with Crippen LogP contribution in [0.15, 0.2) is 24.3 Å². The minimum absolute atomic E-state index is 0.0383. The van der Waals surface area contributed by atoms with Gasteiger partial charge in [-0.05, 0) is 45.2 Å². The molecule has 1 amide bonds. The zero-order chi connectivity index (χ0) is 14.9. The van der Waals surface area contributed by atoms with E-state index in [9.17, 15) is 4.79 Å². The van der Waals surface area contributed by atoms with E-state index < -0.39 is 5.60 Å². The van der Waals surface area contributed by atoms with Crippen LogP contribution >= 0.6 is 0 Å². The van der Waals surface area contributed by atoms with Gasteiger partial charge in [0.15, 0.2) is 0 Å². The monoisotopic (exact) mass is 276 g/mol. The van der Waals surface area contributed by atoms with Crippen LogP contribution in [-0.4, -0.2) is 29.2 Å². The van der Waals surface area contributed by atoms with Crippen molar-refractivity contribution in [1.82, 2.24) is 4.90 Å². The Balaban J connectivity index is 2.26. The molecule has 2 atom stereocenters. The van der Waals surface area contributed by atoms with Crippen molar-refractivity contribution in [3.05, 3.63) is 35.4 Å². The molecule has 20 heavy (non-hydrogen) atoms. The lowest BCUT2D eigenvalue weighted by Gasteiger charge is -2.30. The number of carbonyl (C=O) groups excluding carboxylic acids is 1. The van der Waals surface area contributed by atoms with Crippen molar-refractivity contribution in [2.45, 2.75) is 51.8 Å². The van der Waals surface area contributed by atoms with Crippen LogP contribution in [0.5, 0.6) is 0 Å². The second-order valence-corrected chi connectivity index (χ2v) is 6.43. The van der Waals surface area contributed by atoms with Gasteiger partial charge in [-0.3, -0.25) is 4.90 Å². The van der Waals surface area contributed by atoms with Crippen LogP contribution in [0.25, 0.3) is 0 Å². The van der Waals surface area contributed by atoms with E-state index in [-0.39, 0.29) is 18.2 Å². The summed E-state index contributed by atoms with van der Waals surface area (Å²) in [6.45, 7) is 8.33. The number of rotatable bonds is 1. The number of aryl methyl sites for hydroxylation is 1. The van der Waals surface area contributed by atoms with Crippen molar-refractivity contribution < 1.29 is 9.53 Å². The van der Waals surface area contributed by atoms with Crippen molar-refractivity contribution in [3.63, 3.8) is 0 Å². The molecule has 2 rings (SSSR count). The van der Waals surface area contributed by atoms with Gasteiger partial charge < -0.3 is 10.5 Å². The van der Waals surface area contributed by atoms with Gasteiger partial charge >= 0.3 is 6.09 Å². The first-order chi connectivity index (χ1) is 9.29. The Kier molecular flexibility index (Phi) is 4.04. The van der Waals surface area contributed by atoms with E-state index in [4.69, 9.17) is 10.5 Å². The Bertz CT molecular complexity index is 493. The molecular weight excluding hydrogens is 252 g/mol. The maximum atomic E-state index is 12.3. The summed E-state index contributed by atoms with van der Waals surface area (Å²) in [7, 11) is 0. The first-order valence-electron chi connectivity index (χ1n) is 7.10. The SMILES string of the molecule is Cc1ccccc1[C@H]1[C@@H](N)CCN1C(=O)OC(C)(C)C. The Labute approximate surface area is 120 Å². The molecule has 0 bridgehead atoms. The number of amides is 1. The van der Waals surface area contributed by atoms with Gasteiger partial charge in [0.25, 0.3) is 0 Å². The summed E-state index contributed by atoms with van der Waals surface area (Å²) in [5, 5.41) is 0. The van der Waals surface area contributed by atoms with Crippen LogP contribution < -0.4 is 5.73 Å². The van der Waals surface area contributed by atoms with Crippen molar-refractivity contribution in [2.24, 2.45) is 5.73 Å². The van der Waals surface area contributed by atoms with E-state index in [0.717, 1.165) is 17.5 Å². The molecule has 0 aliphatic carbocycles. The van der Waals surface area contributed by atoms with Gasteiger partial charge in [0.2, 0.25) is 0 Å². The second kappa shape index (κ2) is 5.44. The quantitative estimate of drug-likeness (QED) is 0.858. The lowest BCUT2D eigenvalue weighted by molar-refractivity contribution is 0.0218. The van der Waals surface area contributed by atoms with Crippen LogP contribution in [-0.2, 0) is 4.74 Å². The summed E-state index contributed by atoms with van der Waals surface area (Å²) in [5.41, 5.74) is 8.01. The van der Waals surface area contributed by atoms with Gasteiger partial charge in [0, 0.05) is 12.6 Å². The number of carbonyl (C=O) groups is 1. The molecule has 1 aliphatic heterocycles. The molecule has 4 heteroatoms. The highest BCUT2D eigenvalue weighted by Crippen LogP contribution is 2.34. The maximum Gasteiger partial charge on any atom is 0.410 e. The summed E-state index contributed by atoms with van der Waals surface area (Å²) in [6, 6.07) is 7.95. The van der Waals surface area contributed by atoms with Crippen LogP contribution in [0.1, 0.15) is 44.4 Å². The van der Waals surface area contributed by atoms with Gasteiger partial charge in [0.05, 0.1) is 6.04 Å². The molecule has 1 aromatic carbocycles. The molecule has 1 aromatic rings. The predicted octanol–water partition coefficient (Wildman–Crippen LogP) is 3.00. The number of hydrogen-bond acceptors (Lipinski definition) is 3. The normalized spacial score (nSPS) is 22.9. The molecule has 1 aliphatic rings. The third-order valence-electron chi connectivity index (χ3n) is 3.58. The standard InChI is InChI=1S/C16H24N2O2/c1-11-7-5-6-8-12(11)14-13(17)9-10-18(14)15(19)20-16(2,3)4/h5-8,13-14H,9-10,17H2,1-4H3/t13-,14-/m0/s1. The molecule has 0 aromatic heterocycles. The zero-order valence-electron chi connectivity index (χ0n) is 12.7. The van der Waals surface area contributed by atoms with Crippen LogP contribution in [0.3, 0.4) is 0 Å². The van der Waals surface area contributed by atoms with Gasteiger partial charge in [0.1, 0.15) is 5.60 Å². The fraction of sp³-hybridized carbons (Fsp3) is 0.562. The first kappa shape index (κ1) is 14.9. The number of likely N-dealkylation sites (tertiary alicyclic amines) is 1. The van der Waals surface area contributed by atoms with Crippen LogP contribution in [0.4, 0.5) is 4.79 Å². The fourth-order valence-corrected chi connectivity index (χ4v) is 2.66. The third-order valence-corrected chi connectivity index (χ3v) is 3.58. The largest absolute Gasteiger partial charge is 0.444 e. The zero-order valence-corrected chi connectivity index (χ0v) is 12.7. The van der Waals surface area contributed by atoms with Crippen molar-refractivity contribution in [1.29, 1.82) is 0 Å². The van der Waals surface area contributed by atoms with Gasteiger partial charge in [-0.1, -0.05) is 24.3 Å². The smallest absolute Gasteiger partial charge is 0.410 e. The van der Waals surface area contributed by atoms with E-state index in [2.05, 4.69) is 0 Å². The molecule has 110 valence electrons. The fourth-order valence-electron chi connectivity index (χ4n) is 2.66. The van der Waals surface area contributed by atoms with Crippen LogP contribution in [0, 0.1) is 6.92 Å². The maximum absolute atomic E-state index is 12.3. The lowest BCUT2D eigenvalue weighted by Crippen LogP contribution is -2.39. The molecule has 1 saturated heterocycles. The molecule has 2 N–H and O–H groups in total. The average molecular weight is 276 g/mol. The first-order valence-corrected chi connectivity index (χ1v) is 7.10. The minimum atomic E-state index is -0.486. The Morgan fingerprint density at radius 1 is 1.35 bits per heavy atom. The van der Waals surface area contributed by atoms with E-state index >= 15 is 0 Å². The molecule has 0 saturated carbocycles. The summed E-state index contributed by atoms with van der Waals surface area (Å²) in [5.74, 6) is 0. The summed E-state index contributed by atoms with van der Waals surface area (Å²) in [6.07, 6.45) is 0.525. The summed E-state index contributed by atoms with van der Waals surface area (Å²) < 4.78 is 5.49. The Hall–Kier alpha value is -1.55. The highest BCUT2D eigenvalue weighted by atomic mass is 16.6. The van der Waals surface area contributed by atoms with Crippen molar-refractivity contribution in [2.75, 3.05) is 6.54 Å². The number of benzene rings is 1. The minimum Gasteiger partial charge on any atom is -0.444 e. The summed E-state index contributed by atoms with van der Waals surface area (Å²) in [4.78, 5) is 14.1. The molecule has 0 unspecified atom stereocenters. The molecule has 1 fully saturated rings. The number of nitrogens with two attached hydrogens (primary N) is 1. The average Bonchev–Trinajstić information content (AvgIpc) is 2.70. The van der Waals surface area contributed by atoms with E-state index in [0.29, 0.717) is 6.54 Å². The number of nitrogens with zero attached hydrogens (tertiary/aromatic N) is 1. The summed E-state index contributed by atoms with van der Waals surface area (Å²) >= 11 is 0. The highest BCUT2D eigenvalue weighted by Gasteiger charge is 2.38. The van der Waals surface area contributed by atoms with Gasteiger partial charge in [-0.2, -0.15) is 0 Å². The predicted molar refractivity (Wildman–Crippen MR) is 79.5 cm³/mol. The Morgan fingerprint density at radius 2 is 2.00 bits per heavy atom. The lowest BCUT2D eigenvalue weighted by atomic mass is 9.96. The van der Waals surface area contributed by atoms with E-state index in [1.807, 2.05) is 52.0 Å². The number of hydrogen-bond donors (Lipinski definition) is 1. The molecule has 4 nitrogen and oxygen atoms in total. The van der Waals surface area contributed by atoms with Crippen LogP contribution in [0.2, 0.25) is 0 Å². The molecule has 1 heterocycles. The Morgan fingerprint density at radius 3 is 2.60 bits per heavy atom. The number of ether oxygens (including phenoxy) is 1. The topological polar surface area (TPSA) is 55.6 Å². The second-order valence-electron chi connectivity index (χ2n) is 6.43. The highest BCUT2D eigenvalue weighted by molar-refractivity contribution is 5.69. The van der Waals surface area contributed by atoms with Crippen molar-refractivity contribution >= 4 is 6.09 Å². The van der Waals surface area contributed by atoms with Gasteiger partial charge in [-0.25, -0.2) is 4.79 Å². The van der Waals surface area contributed by atoms with Gasteiger partial charge in [-0.15, -0.1) is 0 Å².